The van der Waals surface area contributed by atoms with Crippen LogP contribution < -0.4 is 9.47 Å². The fraction of sp³-hybridized carbons (Fsp3) is 0.208. The van der Waals surface area contributed by atoms with Gasteiger partial charge in [-0.15, -0.1) is 8.78 Å². The molecule has 0 unspecified atom stereocenters. The van der Waals surface area contributed by atoms with Gasteiger partial charge >= 0.3 is 12.3 Å². The number of halogens is 2. The van der Waals surface area contributed by atoms with E-state index < -0.39 is 17.7 Å². The Morgan fingerprint density at radius 2 is 1.69 bits per heavy atom. The number of nitrogens with zero attached hydrogens (tertiary/aromatic N) is 1. The van der Waals surface area contributed by atoms with E-state index in [4.69, 9.17) is 5.11 Å². The first-order valence-corrected chi connectivity index (χ1v) is 9.99. The van der Waals surface area contributed by atoms with Gasteiger partial charge < -0.3 is 14.6 Å². The number of ether oxygens (including phenoxy) is 2. The number of Topliss-reactive ketones (excluding diaryl/α,β-unsaturated/α-hetero) is 1. The number of hydrogen-bond donors (Lipinski definition) is 1. The van der Waals surface area contributed by atoms with Crippen LogP contribution in [-0.2, 0) is 16.6 Å². The Bertz CT molecular complexity index is 1240. The van der Waals surface area contributed by atoms with Gasteiger partial charge in [0.1, 0.15) is 5.78 Å². The third-order valence-corrected chi connectivity index (χ3v) is 5.81. The molecule has 0 amide bonds. The minimum Gasteiger partial charge on any atom is -0.478 e. The topological polar surface area (TPSA) is 85.7 Å². The molecule has 1 aliphatic heterocycles. The van der Waals surface area contributed by atoms with E-state index in [-0.39, 0.29) is 29.3 Å². The van der Waals surface area contributed by atoms with Crippen molar-refractivity contribution in [2.45, 2.75) is 31.0 Å². The zero-order chi connectivity index (χ0) is 22.5. The van der Waals surface area contributed by atoms with Gasteiger partial charge in [-0.2, -0.15) is 0 Å². The number of carbonyl (C=O) groups excluding carboxylic acids is 1. The predicted octanol–water partition coefficient (Wildman–Crippen LogP) is 4.61. The lowest BCUT2D eigenvalue weighted by Gasteiger charge is -2.15. The molecule has 1 aliphatic carbocycles. The lowest BCUT2D eigenvalue weighted by molar-refractivity contribution is -0.286. The minimum atomic E-state index is -3.70. The van der Waals surface area contributed by atoms with Gasteiger partial charge in [-0.3, -0.25) is 9.78 Å². The van der Waals surface area contributed by atoms with E-state index in [2.05, 4.69) is 14.5 Å². The Labute approximate surface area is 181 Å². The van der Waals surface area contributed by atoms with Crippen LogP contribution in [-0.4, -0.2) is 28.1 Å². The van der Waals surface area contributed by atoms with Crippen molar-refractivity contribution in [3.05, 3.63) is 77.5 Å². The van der Waals surface area contributed by atoms with Crippen LogP contribution in [0.2, 0.25) is 0 Å². The first kappa shape index (κ1) is 20.1. The summed E-state index contributed by atoms with van der Waals surface area (Å²) in [6.45, 7) is 0. The molecule has 0 spiro atoms. The van der Waals surface area contributed by atoms with Crippen LogP contribution in [0.5, 0.6) is 11.5 Å². The average molecular weight is 437 g/mol. The van der Waals surface area contributed by atoms with Gasteiger partial charge in [-0.25, -0.2) is 4.79 Å². The van der Waals surface area contributed by atoms with Crippen molar-refractivity contribution in [3.63, 3.8) is 0 Å². The molecular formula is C24H17F2NO5. The molecule has 1 aromatic heterocycles. The molecule has 2 aliphatic rings. The van der Waals surface area contributed by atoms with Gasteiger partial charge in [0.2, 0.25) is 0 Å². The monoisotopic (exact) mass is 437 g/mol. The summed E-state index contributed by atoms with van der Waals surface area (Å²) in [6, 6.07) is 16.1. The average Bonchev–Trinajstić information content (AvgIpc) is 3.51. The van der Waals surface area contributed by atoms with Gasteiger partial charge in [-0.1, -0.05) is 24.3 Å². The Morgan fingerprint density at radius 3 is 2.38 bits per heavy atom. The summed E-state index contributed by atoms with van der Waals surface area (Å²) in [6.07, 6.45) is -2.36. The maximum atomic E-state index is 13.3. The molecule has 0 atom stereocenters. The zero-order valence-electron chi connectivity index (χ0n) is 16.7. The van der Waals surface area contributed by atoms with Gasteiger partial charge in [-0.05, 0) is 54.8 Å². The molecule has 1 N–H and O–H groups in total. The molecule has 0 saturated heterocycles. The van der Waals surface area contributed by atoms with Crippen molar-refractivity contribution in [1.82, 2.24) is 4.98 Å². The number of pyridine rings is 1. The van der Waals surface area contributed by atoms with Crippen LogP contribution in [0.3, 0.4) is 0 Å². The molecular weight excluding hydrogens is 420 g/mol. The second-order valence-electron chi connectivity index (χ2n) is 7.91. The van der Waals surface area contributed by atoms with Crippen LogP contribution in [0.4, 0.5) is 8.78 Å². The summed E-state index contributed by atoms with van der Waals surface area (Å²) in [7, 11) is 0. The number of aromatic carboxylic acids is 1. The van der Waals surface area contributed by atoms with Gasteiger partial charge in [0.05, 0.1) is 16.7 Å². The fourth-order valence-corrected chi connectivity index (χ4v) is 3.96. The van der Waals surface area contributed by atoms with Crippen LogP contribution in [0.15, 0.2) is 60.7 Å². The Hall–Kier alpha value is -3.81. The number of ketones is 1. The lowest BCUT2D eigenvalue weighted by atomic mass is 9.88. The normalized spacial score (nSPS) is 17.1. The third-order valence-electron chi connectivity index (χ3n) is 5.81. The highest BCUT2D eigenvalue weighted by molar-refractivity contribution is 5.94. The van der Waals surface area contributed by atoms with E-state index >= 15 is 0 Å². The van der Waals surface area contributed by atoms with E-state index in [0.717, 1.165) is 5.56 Å². The summed E-state index contributed by atoms with van der Waals surface area (Å²) < 4.78 is 35.6. The molecule has 0 bridgehead atoms. The zero-order valence-corrected chi connectivity index (χ0v) is 16.7. The fourth-order valence-electron chi connectivity index (χ4n) is 3.96. The molecule has 1 fully saturated rings. The van der Waals surface area contributed by atoms with Gasteiger partial charge in [0, 0.05) is 17.7 Å². The van der Waals surface area contributed by atoms with Crippen molar-refractivity contribution < 1.29 is 33.0 Å². The largest absolute Gasteiger partial charge is 0.586 e. The molecule has 8 heteroatoms. The van der Waals surface area contributed by atoms with E-state index in [1.165, 1.54) is 24.3 Å². The van der Waals surface area contributed by atoms with Crippen LogP contribution in [0.1, 0.15) is 34.5 Å². The van der Waals surface area contributed by atoms with Crippen molar-refractivity contribution >= 4 is 11.8 Å². The van der Waals surface area contributed by atoms with Crippen molar-refractivity contribution in [1.29, 1.82) is 0 Å². The molecule has 1 saturated carbocycles. The Kier molecular flexibility index (Phi) is 4.47. The van der Waals surface area contributed by atoms with Crippen LogP contribution in [0, 0.1) is 0 Å². The quantitative estimate of drug-likeness (QED) is 0.606. The molecule has 5 rings (SSSR count). The third kappa shape index (κ3) is 3.57. The summed E-state index contributed by atoms with van der Waals surface area (Å²) in [5.74, 6) is -1.18. The number of fused-ring (bicyclic) bond motifs is 1. The smallest absolute Gasteiger partial charge is 0.478 e. The number of carboxylic acid groups (broad SMARTS) is 1. The number of alkyl halides is 2. The highest BCUT2D eigenvalue weighted by Gasteiger charge is 2.52. The van der Waals surface area contributed by atoms with Gasteiger partial charge in [0.15, 0.2) is 11.5 Å². The van der Waals surface area contributed by atoms with Crippen LogP contribution >= 0.6 is 0 Å². The van der Waals surface area contributed by atoms with E-state index in [1.54, 1.807) is 36.4 Å². The standard InChI is InChI=1S/C24H17F2NO5/c25-24(26)31-19-9-8-16(12-20(19)32-24)23(10-11-23)21(28)13-17-2-1-3-18(27-17)14-4-6-15(7-5-14)22(29)30/h1-9,12H,10-11,13H2,(H,29,30). The molecule has 2 heterocycles. The highest BCUT2D eigenvalue weighted by atomic mass is 19.3. The highest BCUT2D eigenvalue weighted by Crippen LogP contribution is 2.52. The molecule has 3 aromatic rings. The number of benzene rings is 2. The predicted molar refractivity (Wildman–Crippen MR) is 109 cm³/mol. The number of carbonyl (C=O) groups is 2. The first-order valence-electron chi connectivity index (χ1n) is 9.99. The number of carboxylic acids is 1. The van der Waals surface area contributed by atoms with Crippen molar-refractivity contribution in [3.8, 4) is 22.8 Å². The molecule has 6 nitrogen and oxygen atoms in total. The minimum absolute atomic E-state index is 0.0472. The number of rotatable bonds is 6. The molecule has 162 valence electrons. The van der Waals surface area contributed by atoms with Gasteiger partial charge in [0.25, 0.3) is 0 Å². The van der Waals surface area contributed by atoms with Crippen molar-refractivity contribution in [2.24, 2.45) is 0 Å². The lowest BCUT2D eigenvalue weighted by Crippen LogP contribution is -2.26. The second kappa shape index (κ2) is 7.12. The van der Waals surface area contributed by atoms with Crippen LogP contribution in [0.25, 0.3) is 11.3 Å². The summed E-state index contributed by atoms with van der Waals surface area (Å²) in [5, 5.41) is 9.04. The van der Waals surface area contributed by atoms with E-state index in [1.807, 2.05) is 0 Å². The Balaban J connectivity index is 1.36. The molecule has 0 radical (unpaired) electrons. The second-order valence-corrected chi connectivity index (χ2v) is 7.91. The maximum Gasteiger partial charge on any atom is 0.586 e. The number of hydrogen-bond acceptors (Lipinski definition) is 5. The van der Waals surface area contributed by atoms with E-state index in [0.29, 0.717) is 29.8 Å². The number of aromatic nitrogens is 1. The molecule has 32 heavy (non-hydrogen) atoms. The molecule has 2 aromatic carbocycles. The van der Waals surface area contributed by atoms with Crippen molar-refractivity contribution in [2.75, 3.05) is 0 Å². The van der Waals surface area contributed by atoms with E-state index in [9.17, 15) is 18.4 Å². The maximum absolute atomic E-state index is 13.3. The SMILES string of the molecule is O=C(O)c1ccc(-c2cccc(CC(=O)C3(c4ccc5c(c4)OC(F)(F)O5)CC3)n2)cc1. The Morgan fingerprint density at radius 1 is 0.969 bits per heavy atom. The first-order chi connectivity index (χ1) is 15.3. The summed E-state index contributed by atoms with van der Waals surface area (Å²) in [4.78, 5) is 28.8. The summed E-state index contributed by atoms with van der Waals surface area (Å²) >= 11 is 0. The summed E-state index contributed by atoms with van der Waals surface area (Å²) in [5.41, 5.74) is 2.01.